The molecule has 0 spiro atoms. The van der Waals surface area contributed by atoms with E-state index in [-0.39, 0.29) is 10.8 Å². The van der Waals surface area contributed by atoms with Gasteiger partial charge in [0.25, 0.3) is 10.0 Å². The monoisotopic (exact) mass is 350 g/mol. The van der Waals surface area contributed by atoms with Gasteiger partial charge in [0.1, 0.15) is 0 Å². The molecule has 23 heavy (non-hydrogen) atoms. The van der Waals surface area contributed by atoms with Crippen LogP contribution in [0, 0.1) is 6.92 Å². The van der Waals surface area contributed by atoms with Crippen LogP contribution in [0.4, 0.5) is 11.4 Å². The number of sulfonamides is 1. The van der Waals surface area contributed by atoms with Gasteiger partial charge in [0, 0.05) is 17.5 Å². The van der Waals surface area contributed by atoms with E-state index in [0.717, 1.165) is 10.5 Å². The lowest BCUT2D eigenvalue weighted by molar-refractivity contribution is -0.114. The van der Waals surface area contributed by atoms with Gasteiger partial charge < -0.3 is 5.32 Å². The number of anilines is 2. The highest BCUT2D eigenvalue weighted by atomic mass is 32.2. The van der Waals surface area contributed by atoms with E-state index >= 15 is 0 Å². The van der Waals surface area contributed by atoms with Crippen molar-refractivity contribution in [1.82, 2.24) is 0 Å². The topological polar surface area (TPSA) is 75.3 Å². The lowest BCUT2D eigenvalue weighted by Crippen LogP contribution is -2.14. The van der Waals surface area contributed by atoms with Gasteiger partial charge in [0.2, 0.25) is 5.91 Å². The number of amides is 1. The summed E-state index contributed by atoms with van der Waals surface area (Å²) in [6.07, 6.45) is 1.86. The van der Waals surface area contributed by atoms with Gasteiger partial charge >= 0.3 is 0 Å². The molecule has 0 aliphatic rings. The third kappa shape index (κ3) is 4.49. The largest absolute Gasteiger partial charge is 0.325 e. The average molecular weight is 350 g/mol. The number of hydrogen-bond donors (Lipinski definition) is 2. The van der Waals surface area contributed by atoms with Crippen LogP contribution in [-0.2, 0) is 14.8 Å². The van der Waals surface area contributed by atoms with E-state index in [4.69, 9.17) is 0 Å². The number of aryl methyl sites for hydroxylation is 1. The second kappa shape index (κ2) is 7.06. The van der Waals surface area contributed by atoms with Crippen molar-refractivity contribution in [3.63, 3.8) is 0 Å². The van der Waals surface area contributed by atoms with Gasteiger partial charge in [0.15, 0.2) is 0 Å². The van der Waals surface area contributed by atoms with E-state index in [0.29, 0.717) is 11.4 Å². The van der Waals surface area contributed by atoms with Crippen molar-refractivity contribution in [1.29, 1.82) is 0 Å². The zero-order valence-electron chi connectivity index (χ0n) is 13.1. The fourth-order valence-electron chi connectivity index (χ4n) is 1.98. The molecule has 2 rings (SSSR count). The number of benzene rings is 2. The van der Waals surface area contributed by atoms with Crippen molar-refractivity contribution in [2.75, 3.05) is 16.3 Å². The molecule has 5 nitrogen and oxygen atoms in total. The number of carbonyl (C=O) groups excluding carboxylic acids is 1. The van der Waals surface area contributed by atoms with Gasteiger partial charge in [-0.05, 0) is 43.5 Å². The van der Waals surface area contributed by atoms with Gasteiger partial charge in [-0.2, -0.15) is 0 Å². The second-order valence-electron chi connectivity index (χ2n) is 5.01. The highest BCUT2D eigenvalue weighted by molar-refractivity contribution is 7.98. The van der Waals surface area contributed by atoms with E-state index < -0.39 is 10.0 Å². The summed E-state index contributed by atoms with van der Waals surface area (Å²) < 4.78 is 27.5. The highest BCUT2D eigenvalue weighted by Gasteiger charge is 2.16. The summed E-state index contributed by atoms with van der Waals surface area (Å²) in [5.74, 6) is -0.249. The first-order valence-electron chi connectivity index (χ1n) is 6.87. The van der Waals surface area contributed by atoms with Gasteiger partial charge in [-0.15, -0.1) is 11.8 Å². The van der Waals surface area contributed by atoms with Crippen LogP contribution >= 0.6 is 11.8 Å². The van der Waals surface area contributed by atoms with Crippen LogP contribution in [0.2, 0.25) is 0 Å². The quantitative estimate of drug-likeness (QED) is 0.810. The van der Waals surface area contributed by atoms with Crippen LogP contribution in [0.5, 0.6) is 0 Å². The Morgan fingerprint density at radius 1 is 1.09 bits per heavy atom. The molecule has 0 fully saturated rings. The van der Waals surface area contributed by atoms with Crippen LogP contribution < -0.4 is 10.0 Å². The average Bonchev–Trinajstić information content (AvgIpc) is 2.49. The Hall–Kier alpha value is -1.99. The van der Waals surface area contributed by atoms with Gasteiger partial charge in [0.05, 0.1) is 10.6 Å². The van der Waals surface area contributed by atoms with Crippen LogP contribution in [-0.4, -0.2) is 20.6 Å². The van der Waals surface area contributed by atoms with Crippen molar-refractivity contribution >= 4 is 39.1 Å². The fourth-order valence-corrected chi connectivity index (χ4v) is 3.60. The van der Waals surface area contributed by atoms with Crippen molar-refractivity contribution in [3.8, 4) is 0 Å². The minimum atomic E-state index is -3.72. The van der Waals surface area contributed by atoms with E-state index in [2.05, 4.69) is 10.0 Å². The number of rotatable bonds is 5. The lowest BCUT2D eigenvalue weighted by Gasteiger charge is -2.12. The third-order valence-corrected chi connectivity index (χ3v) is 5.27. The molecule has 0 atom stereocenters. The summed E-state index contributed by atoms with van der Waals surface area (Å²) in [5.41, 5.74) is 2.02. The Morgan fingerprint density at radius 2 is 1.74 bits per heavy atom. The first kappa shape index (κ1) is 17.4. The second-order valence-corrected chi connectivity index (χ2v) is 7.55. The van der Waals surface area contributed by atoms with Crippen molar-refractivity contribution in [3.05, 3.63) is 48.0 Å². The molecule has 1 amide bonds. The first-order valence-corrected chi connectivity index (χ1v) is 9.58. The molecule has 2 N–H and O–H groups in total. The Balaban J connectivity index is 2.35. The van der Waals surface area contributed by atoms with Gasteiger partial charge in [-0.1, -0.05) is 17.7 Å². The summed E-state index contributed by atoms with van der Waals surface area (Å²) in [4.78, 5) is 12.2. The summed E-state index contributed by atoms with van der Waals surface area (Å²) >= 11 is 1.43. The van der Waals surface area contributed by atoms with Gasteiger partial charge in [-0.3, -0.25) is 9.52 Å². The van der Waals surface area contributed by atoms with E-state index in [9.17, 15) is 13.2 Å². The maximum atomic E-state index is 12.5. The Labute approximate surface area is 140 Å². The summed E-state index contributed by atoms with van der Waals surface area (Å²) in [7, 11) is -3.72. The van der Waals surface area contributed by atoms with E-state index in [1.54, 1.807) is 18.2 Å². The minimum Gasteiger partial charge on any atom is -0.325 e. The first-order chi connectivity index (χ1) is 10.8. The minimum absolute atomic E-state index is 0.0969. The van der Waals surface area contributed by atoms with Crippen LogP contribution in [0.15, 0.2) is 52.3 Å². The molecule has 2 aromatic rings. The number of nitrogens with one attached hydrogen (secondary N) is 2. The normalized spacial score (nSPS) is 11.1. The smallest absolute Gasteiger partial charge is 0.261 e. The third-order valence-electron chi connectivity index (χ3n) is 3.10. The highest BCUT2D eigenvalue weighted by Crippen LogP contribution is 2.29. The maximum Gasteiger partial charge on any atom is 0.261 e. The molecule has 0 heterocycles. The van der Waals surface area contributed by atoms with Crippen molar-refractivity contribution in [2.24, 2.45) is 0 Å². The molecular weight excluding hydrogens is 332 g/mol. The zero-order chi connectivity index (χ0) is 17.0. The molecule has 0 saturated heterocycles. The summed E-state index contributed by atoms with van der Waals surface area (Å²) in [6.45, 7) is 3.31. The standard InChI is InChI=1S/C16H18N2O3S2/c1-11-4-6-13(7-5-11)18-23(20,21)14-8-9-16(22-3)15(10-14)17-12(2)19/h4-10,18H,1-3H3,(H,17,19). The lowest BCUT2D eigenvalue weighted by atomic mass is 10.2. The molecule has 0 aromatic heterocycles. The molecule has 0 unspecified atom stereocenters. The van der Waals surface area contributed by atoms with Gasteiger partial charge in [-0.25, -0.2) is 8.42 Å². The maximum absolute atomic E-state index is 12.5. The number of carbonyl (C=O) groups is 1. The Morgan fingerprint density at radius 3 is 2.30 bits per heavy atom. The number of hydrogen-bond acceptors (Lipinski definition) is 4. The molecule has 0 saturated carbocycles. The van der Waals surface area contributed by atoms with E-state index in [1.165, 1.54) is 30.8 Å². The SMILES string of the molecule is CSc1ccc(S(=O)(=O)Nc2ccc(C)cc2)cc1NC(C)=O. The van der Waals surface area contributed by atoms with Crippen LogP contribution in [0.3, 0.4) is 0 Å². The Bertz CT molecular complexity index is 816. The summed E-state index contributed by atoms with van der Waals surface area (Å²) in [5, 5.41) is 2.66. The predicted molar refractivity (Wildman–Crippen MR) is 94.5 cm³/mol. The zero-order valence-corrected chi connectivity index (χ0v) is 14.7. The van der Waals surface area contributed by atoms with Crippen LogP contribution in [0.1, 0.15) is 12.5 Å². The molecule has 0 radical (unpaired) electrons. The number of thioether (sulfide) groups is 1. The van der Waals surface area contributed by atoms with Crippen LogP contribution in [0.25, 0.3) is 0 Å². The van der Waals surface area contributed by atoms with Crippen molar-refractivity contribution < 1.29 is 13.2 Å². The summed E-state index contributed by atoms with van der Waals surface area (Å²) in [6, 6.07) is 11.7. The molecule has 2 aromatic carbocycles. The molecular formula is C16H18N2O3S2. The molecule has 7 heteroatoms. The van der Waals surface area contributed by atoms with E-state index in [1.807, 2.05) is 25.3 Å². The molecule has 0 aliphatic heterocycles. The predicted octanol–water partition coefficient (Wildman–Crippen LogP) is 3.48. The molecule has 0 bridgehead atoms. The molecule has 0 aliphatic carbocycles. The fraction of sp³-hybridized carbons (Fsp3) is 0.188. The van der Waals surface area contributed by atoms with Crippen molar-refractivity contribution in [2.45, 2.75) is 23.6 Å². The Kier molecular flexibility index (Phi) is 5.33. The molecule has 122 valence electrons.